The zero-order valence-electron chi connectivity index (χ0n) is 12.8. The molecule has 1 aromatic rings. The minimum Gasteiger partial charge on any atom is -0.489 e. The maximum Gasteiger partial charge on any atom is 0.119 e. The largest absolute Gasteiger partial charge is 0.489 e. The molecule has 0 fully saturated rings. The first kappa shape index (κ1) is 16.0. The van der Waals surface area contributed by atoms with E-state index in [1.807, 2.05) is 12.1 Å². The van der Waals surface area contributed by atoms with Gasteiger partial charge in [0.15, 0.2) is 0 Å². The molecular formula is C16H27NO2. The van der Waals surface area contributed by atoms with E-state index in [4.69, 9.17) is 9.47 Å². The molecule has 0 aliphatic carbocycles. The topological polar surface area (TPSA) is 30.5 Å². The second kappa shape index (κ2) is 7.51. The lowest BCUT2D eigenvalue weighted by atomic mass is 9.87. The molecule has 1 atom stereocenters. The quantitative estimate of drug-likeness (QED) is 0.769. The Kier molecular flexibility index (Phi) is 6.32. The third-order valence-corrected chi connectivity index (χ3v) is 2.97. The molecule has 0 radical (unpaired) electrons. The highest BCUT2D eigenvalue weighted by Gasteiger charge is 2.13. The lowest BCUT2D eigenvalue weighted by Gasteiger charge is -2.20. The molecule has 0 saturated carbocycles. The molecule has 19 heavy (non-hydrogen) atoms. The molecule has 0 aliphatic rings. The molecular weight excluding hydrogens is 238 g/mol. The third kappa shape index (κ3) is 6.08. The molecule has 3 nitrogen and oxygen atoms in total. The van der Waals surface area contributed by atoms with Crippen LogP contribution in [0.2, 0.25) is 0 Å². The highest BCUT2D eigenvalue weighted by atomic mass is 16.5. The van der Waals surface area contributed by atoms with Crippen LogP contribution in [0.15, 0.2) is 24.3 Å². The summed E-state index contributed by atoms with van der Waals surface area (Å²) in [6.07, 6.45) is 0.150. The van der Waals surface area contributed by atoms with Gasteiger partial charge in [0.1, 0.15) is 11.9 Å². The van der Waals surface area contributed by atoms with E-state index >= 15 is 0 Å². The van der Waals surface area contributed by atoms with E-state index in [0.717, 1.165) is 25.4 Å². The van der Waals surface area contributed by atoms with Gasteiger partial charge in [-0.25, -0.2) is 0 Å². The standard InChI is InChI=1S/C16H27NO2/c1-13(12-17-10-11-18-5)19-15-8-6-14(7-9-15)16(2,3)4/h6-9,13,17H,10-12H2,1-5H3. The van der Waals surface area contributed by atoms with Crippen LogP contribution in [-0.4, -0.2) is 32.9 Å². The number of benzene rings is 1. The summed E-state index contributed by atoms with van der Waals surface area (Å²) in [7, 11) is 1.71. The normalized spacial score (nSPS) is 13.3. The van der Waals surface area contributed by atoms with Gasteiger partial charge in [0, 0.05) is 20.2 Å². The van der Waals surface area contributed by atoms with Crippen molar-refractivity contribution < 1.29 is 9.47 Å². The van der Waals surface area contributed by atoms with Crippen molar-refractivity contribution in [1.82, 2.24) is 5.32 Å². The van der Waals surface area contributed by atoms with Gasteiger partial charge in [-0.05, 0) is 30.0 Å². The summed E-state index contributed by atoms with van der Waals surface area (Å²) < 4.78 is 10.8. The molecule has 0 heterocycles. The SMILES string of the molecule is COCCNCC(C)Oc1ccc(C(C)(C)C)cc1. The average molecular weight is 265 g/mol. The Balaban J connectivity index is 2.40. The van der Waals surface area contributed by atoms with E-state index in [-0.39, 0.29) is 11.5 Å². The van der Waals surface area contributed by atoms with Gasteiger partial charge in [-0.1, -0.05) is 32.9 Å². The van der Waals surface area contributed by atoms with Crippen LogP contribution in [-0.2, 0) is 10.2 Å². The van der Waals surface area contributed by atoms with E-state index in [9.17, 15) is 0 Å². The predicted molar refractivity (Wildman–Crippen MR) is 80.0 cm³/mol. The second-order valence-corrected chi connectivity index (χ2v) is 5.90. The molecule has 0 saturated heterocycles. The van der Waals surface area contributed by atoms with E-state index < -0.39 is 0 Å². The molecule has 0 aromatic heterocycles. The first-order valence-corrected chi connectivity index (χ1v) is 6.90. The Morgan fingerprint density at radius 1 is 1.16 bits per heavy atom. The number of ether oxygens (including phenoxy) is 2. The van der Waals surface area contributed by atoms with Crippen LogP contribution in [0, 0.1) is 0 Å². The number of methoxy groups -OCH3 is 1. The molecule has 108 valence electrons. The van der Waals surface area contributed by atoms with Crippen molar-refractivity contribution in [3.8, 4) is 5.75 Å². The maximum atomic E-state index is 5.86. The second-order valence-electron chi connectivity index (χ2n) is 5.90. The van der Waals surface area contributed by atoms with Crippen LogP contribution in [0.1, 0.15) is 33.3 Å². The van der Waals surface area contributed by atoms with Gasteiger partial charge < -0.3 is 14.8 Å². The molecule has 0 aliphatic heterocycles. The summed E-state index contributed by atoms with van der Waals surface area (Å²) in [5, 5.41) is 3.29. The summed E-state index contributed by atoms with van der Waals surface area (Å²) in [6.45, 7) is 11.1. The lowest BCUT2D eigenvalue weighted by molar-refractivity contribution is 0.184. The van der Waals surface area contributed by atoms with Gasteiger partial charge in [-0.2, -0.15) is 0 Å². The van der Waals surface area contributed by atoms with E-state index in [0.29, 0.717) is 0 Å². The van der Waals surface area contributed by atoms with E-state index in [2.05, 4.69) is 45.1 Å². The minimum absolute atomic E-state index is 0.150. The Hall–Kier alpha value is -1.06. The summed E-state index contributed by atoms with van der Waals surface area (Å²) in [4.78, 5) is 0. The molecule has 3 heteroatoms. The number of hydrogen-bond donors (Lipinski definition) is 1. The fourth-order valence-corrected chi connectivity index (χ4v) is 1.79. The van der Waals surface area contributed by atoms with Gasteiger partial charge >= 0.3 is 0 Å². The van der Waals surface area contributed by atoms with Crippen molar-refractivity contribution in [2.45, 2.75) is 39.2 Å². The molecule has 0 amide bonds. The van der Waals surface area contributed by atoms with Gasteiger partial charge in [0.2, 0.25) is 0 Å². The van der Waals surface area contributed by atoms with Gasteiger partial charge in [0.05, 0.1) is 6.61 Å². The van der Waals surface area contributed by atoms with E-state index in [1.165, 1.54) is 5.56 Å². The summed E-state index contributed by atoms with van der Waals surface area (Å²) in [6, 6.07) is 8.37. The third-order valence-electron chi connectivity index (χ3n) is 2.97. The van der Waals surface area contributed by atoms with Crippen LogP contribution in [0.3, 0.4) is 0 Å². The molecule has 1 unspecified atom stereocenters. The molecule has 1 rings (SSSR count). The minimum atomic E-state index is 0.150. The molecule has 1 N–H and O–H groups in total. The van der Waals surface area contributed by atoms with Crippen LogP contribution < -0.4 is 10.1 Å². The maximum absolute atomic E-state index is 5.86. The number of rotatable bonds is 7. The van der Waals surface area contributed by atoms with Crippen LogP contribution in [0.5, 0.6) is 5.75 Å². The zero-order valence-corrected chi connectivity index (χ0v) is 12.8. The van der Waals surface area contributed by atoms with Crippen LogP contribution in [0.4, 0.5) is 0 Å². The first-order chi connectivity index (χ1) is 8.93. The lowest BCUT2D eigenvalue weighted by Crippen LogP contribution is -2.31. The van der Waals surface area contributed by atoms with Crippen molar-refractivity contribution in [3.05, 3.63) is 29.8 Å². The molecule has 0 bridgehead atoms. The van der Waals surface area contributed by atoms with Crippen LogP contribution in [0.25, 0.3) is 0 Å². The van der Waals surface area contributed by atoms with Crippen molar-refractivity contribution in [1.29, 1.82) is 0 Å². The Morgan fingerprint density at radius 2 is 1.79 bits per heavy atom. The molecule has 1 aromatic carbocycles. The van der Waals surface area contributed by atoms with Crippen LogP contribution >= 0.6 is 0 Å². The van der Waals surface area contributed by atoms with Crippen molar-refractivity contribution in [2.75, 3.05) is 26.8 Å². The highest BCUT2D eigenvalue weighted by Crippen LogP contribution is 2.24. The summed E-state index contributed by atoms with van der Waals surface area (Å²) in [5.41, 5.74) is 1.51. The monoisotopic (exact) mass is 265 g/mol. The van der Waals surface area contributed by atoms with Gasteiger partial charge in [0.25, 0.3) is 0 Å². The number of hydrogen-bond acceptors (Lipinski definition) is 3. The smallest absolute Gasteiger partial charge is 0.119 e. The fourth-order valence-electron chi connectivity index (χ4n) is 1.79. The summed E-state index contributed by atoms with van der Waals surface area (Å²) in [5.74, 6) is 0.925. The fraction of sp³-hybridized carbons (Fsp3) is 0.625. The number of nitrogens with one attached hydrogen (secondary N) is 1. The Morgan fingerprint density at radius 3 is 2.32 bits per heavy atom. The van der Waals surface area contributed by atoms with Crippen molar-refractivity contribution in [3.63, 3.8) is 0 Å². The summed E-state index contributed by atoms with van der Waals surface area (Å²) >= 11 is 0. The highest BCUT2D eigenvalue weighted by molar-refractivity contribution is 5.31. The molecule has 0 spiro atoms. The van der Waals surface area contributed by atoms with E-state index in [1.54, 1.807) is 7.11 Å². The van der Waals surface area contributed by atoms with Gasteiger partial charge in [-0.3, -0.25) is 0 Å². The Labute approximate surface area is 117 Å². The zero-order chi connectivity index (χ0) is 14.3. The predicted octanol–water partition coefficient (Wildman–Crippen LogP) is 2.99. The van der Waals surface area contributed by atoms with Crippen molar-refractivity contribution >= 4 is 0 Å². The average Bonchev–Trinajstić information content (AvgIpc) is 2.34. The first-order valence-electron chi connectivity index (χ1n) is 6.90. The Bertz CT molecular complexity index is 354. The van der Waals surface area contributed by atoms with Gasteiger partial charge in [-0.15, -0.1) is 0 Å². The van der Waals surface area contributed by atoms with Crippen molar-refractivity contribution in [2.24, 2.45) is 0 Å².